The predicted molar refractivity (Wildman–Crippen MR) is 138 cm³/mol. The highest BCUT2D eigenvalue weighted by atomic mass is 16.2. The molecule has 2 heterocycles. The normalized spacial score (nSPS) is 14.7. The van der Waals surface area contributed by atoms with Gasteiger partial charge in [-0.05, 0) is 57.2 Å². The van der Waals surface area contributed by atoms with Gasteiger partial charge in [0.05, 0.1) is 10.9 Å². The molecule has 2 aromatic heterocycles. The lowest BCUT2D eigenvalue weighted by atomic mass is 9.95. The first-order valence-corrected chi connectivity index (χ1v) is 12.9. The Morgan fingerprint density at radius 2 is 1.81 bits per heavy atom. The minimum Gasteiger partial charge on any atom is -0.352 e. The van der Waals surface area contributed by atoms with E-state index in [0.29, 0.717) is 28.9 Å². The summed E-state index contributed by atoms with van der Waals surface area (Å²) in [6.45, 7) is 7.99. The van der Waals surface area contributed by atoms with Crippen LogP contribution in [-0.2, 0) is 17.9 Å². The Bertz CT molecular complexity index is 1390. The summed E-state index contributed by atoms with van der Waals surface area (Å²) in [6.07, 6.45) is 5.94. The Hall–Kier alpha value is -3.43. The molecule has 36 heavy (non-hydrogen) atoms. The molecule has 0 saturated heterocycles. The Morgan fingerprint density at radius 3 is 2.47 bits per heavy atom. The first-order chi connectivity index (χ1) is 17.2. The molecule has 4 rings (SSSR count). The highest BCUT2D eigenvalue weighted by molar-refractivity contribution is 5.98. The van der Waals surface area contributed by atoms with Gasteiger partial charge in [-0.2, -0.15) is 0 Å². The standard InChI is InChI=1S/C26H36N6O4/c1-16(2)12-13-30-24(35)20-11-10-18(23(34)27-17(3)4)14-21(20)32-25(30)29-31(26(32)36)15-22(33)28-19-8-6-5-7-9-19/h10-11,14,16-17,19H,5-9,12-13,15H2,1-4H3,(H,27,34)(H,28,33). The van der Waals surface area contributed by atoms with E-state index in [1.165, 1.54) is 15.4 Å². The third kappa shape index (κ3) is 5.37. The fourth-order valence-corrected chi connectivity index (χ4v) is 4.75. The van der Waals surface area contributed by atoms with Crippen molar-refractivity contribution in [2.75, 3.05) is 0 Å². The van der Waals surface area contributed by atoms with E-state index < -0.39 is 5.69 Å². The first kappa shape index (κ1) is 25.7. The zero-order valence-electron chi connectivity index (χ0n) is 21.5. The van der Waals surface area contributed by atoms with Gasteiger partial charge in [-0.1, -0.05) is 33.1 Å². The highest BCUT2D eigenvalue weighted by Gasteiger charge is 2.22. The van der Waals surface area contributed by atoms with E-state index in [9.17, 15) is 19.2 Å². The van der Waals surface area contributed by atoms with E-state index in [1.807, 2.05) is 13.8 Å². The molecule has 10 heteroatoms. The van der Waals surface area contributed by atoms with E-state index in [1.54, 1.807) is 18.2 Å². The van der Waals surface area contributed by atoms with Gasteiger partial charge in [0.25, 0.3) is 11.5 Å². The topological polar surface area (TPSA) is 120 Å². The molecule has 2 amide bonds. The van der Waals surface area contributed by atoms with Crippen LogP contribution in [0.15, 0.2) is 27.8 Å². The molecule has 194 valence electrons. The molecule has 1 aromatic carbocycles. The highest BCUT2D eigenvalue weighted by Crippen LogP contribution is 2.18. The summed E-state index contributed by atoms with van der Waals surface area (Å²) in [6, 6.07) is 4.77. The smallest absolute Gasteiger partial charge is 0.352 e. The van der Waals surface area contributed by atoms with Crippen molar-refractivity contribution >= 4 is 28.5 Å². The lowest BCUT2D eigenvalue weighted by molar-refractivity contribution is -0.122. The Labute approximate surface area is 209 Å². The third-order valence-electron chi connectivity index (χ3n) is 6.65. The van der Waals surface area contributed by atoms with E-state index in [2.05, 4.69) is 29.6 Å². The van der Waals surface area contributed by atoms with Crippen molar-refractivity contribution < 1.29 is 9.59 Å². The second-order valence-corrected chi connectivity index (χ2v) is 10.5. The summed E-state index contributed by atoms with van der Waals surface area (Å²) < 4.78 is 3.95. The summed E-state index contributed by atoms with van der Waals surface area (Å²) in [7, 11) is 0. The van der Waals surface area contributed by atoms with Gasteiger partial charge in [0, 0.05) is 24.2 Å². The summed E-state index contributed by atoms with van der Waals surface area (Å²) in [5.41, 5.74) is -0.158. The van der Waals surface area contributed by atoms with Crippen molar-refractivity contribution in [3.8, 4) is 0 Å². The van der Waals surface area contributed by atoms with Gasteiger partial charge in [-0.15, -0.1) is 5.10 Å². The molecular formula is C26H36N6O4. The second kappa shape index (κ2) is 10.7. The summed E-state index contributed by atoms with van der Waals surface area (Å²) in [4.78, 5) is 52.3. The van der Waals surface area contributed by atoms with Crippen LogP contribution in [0.5, 0.6) is 0 Å². The number of hydrogen-bond acceptors (Lipinski definition) is 5. The van der Waals surface area contributed by atoms with Gasteiger partial charge in [0.2, 0.25) is 11.7 Å². The number of rotatable bonds is 8. The minimum absolute atomic E-state index is 0.0644. The number of amides is 2. The van der Waals surface area contributed by atoms with E-state index in [0.717, 1.165) is 36.8 Å². The maximum absolute atomic E-state index is 13.5. The number of carbonyl (C=O) groups excluding carboxylic acids is 2. The molecule has 0 spiro atoms. The lowest BCUT2D eigenvalue weighted by Crippen LogP contribution is -2.40. The number of carbonyl (C=O) groups is 2. The van der Waals surface area contributed by atoms with Crippen molar-refractivity contribution in [2.24, 2.45) is 5.92 Å². The average Bonchev–Trinajstić information content (AvgIpc) is 3.14. The van der Waals surface area contributed by atoms with Crippen molar-refractivity contribution in [1.29, 1.82) is 0 Å². The third-order valence-corrected chi connectivity index (χ3v) is 6.65. The zero-order chi connectivity index (χ0) is 26.0. The van der Waals surface area contributed by atoms with Gasteiger partial charge < -0.3 is 10.6 Å². The fourth-order valence-electron chi connectivity index (χ4n) is 4.75. The summed E-state index contributed by atoms with van der Waals surface area (Å²) >= 11 is 0. The van der Waals surface area contributed by atoms with Crippen molar-refractivity contribution in [3.05, 3.63) is 44.6 Å². The molecule has 1 saturated carbocycles. The van der Waals surface area contributed by atoms with Crippen LogP contribution in [-0.4, -0.2) is 42.6 Å². The molecular weight excluding hydrogens is 460 g/mol. The van der Waals surface area contributed by atoms with Crippen LogP contribution in [0.4, 0.5) is 0 Å². The monoisotopic (exact) mass is 496 g/mol. The molecule has 0 radical (unpaired) electrons. The Balaban J connectivity index is 1.81. The van der Waals surface area contributed by atoms with Crippen LogP contribution in [0.1, 0.15) is 76.6 Å². The van der Waals surface area contributed by atoms with Crippen molar-refractivity contribution in [2.45, 2.75) is 91.4 Å². The molecule has 1 aliphatic rings. The van der Waals surface area contributed by atoms with Crippen LogP contribution in [0, 0.1) is 5.92 Å². The fraction of sp³-hybridized carbons (Fsp3) is 0.577. The molecule has 0 atom stereocenters. The Kier molecular flexibility index (Phi) is 7.61. The van der Waals surface area contributed by atoms with Crippen molar-refractivity contribution in [3.63, 3.8) is 0 Å². The predicted octanol–water partition coefficient (Wildman–Crippen LogP) is 2.44. The number of aromatic nitrogens is 4. The molecule has 2 N–H and O–H groups in total. The van der Waals surface area contributed by atoms with E-state index in [4.69, 9.17) is 0 Å². The molecule has 0 aliphatic heterocycles. The van der Waals surface area contributed by atoms with E-state index >= 15 is 0 Å². The van der Waals surface area contributed by atoms with Crippen LogP contribution in [0.25, 0.3) is 16.7 Å². The van der Waals surface area contributed by atoms with Gasteiger partial charge >= 0.3 is 5.69 Å². The maximum atomic E-state index is 13.5. The molecule has 1 aliphatic carbocycles. The van der Waals surface area contributed by atoms with Gasteiger partial charge in [0.15, 0.2) is 0 Å². The number of aryl methyl sites for hydroxylation is 1. The lowest BCUT2D eigenvalue weighted by Gasteiger charge is -2.22. The van der Waals surface area contributed by atoms with Gasteiger partial charge in [-0.25, -0.2) is 13.9 Å². The number of nitrogens with zero attached hydrogens (tertiary/aromatic N) is 4. The number of fused-ring (bicyclic) bond motifs is 3. The first-order valence-electron chi connectivity index (χ1n) is 12.9. The molecule has 10 nitrogen and oxygen atoms in total. The average molecular weight is 497 g/mol. The quantitative estimate of drug-likeness (QED) is 0.496. The molecule has 3 aromatic rings. The number of benzene rings is 1. The van der Waals surface area contributed by atoms with Crippen LogP contribution >= 0.6 is 0 Å². The van der Waals surface area contributed by atoms with Crippen LogP contribution in [0.3, 0.4) is 0 Å². The van der Waals surface area contributed by atoms with Gasteiger partial charge in [-0.3, -0.25) is 19.0 Å². The Morgan fingerprint density at radius 1 is 1.08 bits per heavy atom. The number of hydrogen-bond donors (Lipinski definition) is 2. The van der Waals surface area contributed by atoms with Crippen LogP contribution < -0.4 is 21.9 Å². The zero-order valence-corrected chi connectivity index (χ0v) is 21.5. The SMILES string of the molecule is CC(C)CCn1c(=O)c2ccc(C(=O)NC(C)C)cc2n2c(=O)n(CC(=O)NC3CCCCC3)nc12. The van der Waals surface area contributed by atoms with E-state index in [-0.39, 0.29) is 41.8 Å². The second-order valence-electron chi connectivity index (χ2n) is 10.5. The van der Waals surface area contributed by atoms with Crippen molar-refractivity contribution in [1.82, 2.24) is 29.4 Å². The largest absolute Gasteiger partial charge is 0.352 e. The minimum atomic E-state index is -0.520. The van der Waals surface area contributed by atoms with Gasteiger partial charge in [0.1, 0.15) is 6.54 Å². The van der Waals surface area contributed by atoms with Crippen LogP contribution in [0.2, 0.25) is 0 Å². The molecule has 0 bridgehead atoms. The summed E-state index contributed by atoms with van der Waals surface area (Å²) in [5, 5.41) is 10.6. The molecule has 0 unspecified atom stereocenters. The summed E-state index contributed by atoms with van der Waals surface area (Å²) in [5.74, 6) is -0.0593. The maximum Gasteiger partial charge on any atom is 0.352 e. The molecule has 1 fully saturated rings. The number of nitrogens with one attached hydrogen (secondary N) is 2.